The molecule has 2 N–H and O–H groups in total. The molecule has 24 heavy (non-hydrogen) atoms. The number of guanidine groups is 1. The Hall–Kier alpha value is -1.56. The Kier molecular flexibility index (Phi) is 8.82. The van der Waals surface area contributed by atoms with Crippen molar-refractivity contribution in [2.24, 2.45) is 4.99 Å². The predicted molar refractivity (Wildman–Crippen MR) is 94.7 cm³/mol. The van der Waals surface area contributed by atoms with E-state index >= 15 is 0 Å². The van der Waals surface area contributed by atoms with E-state index in [2.05, 4.69) is 20.4 Å². The van der Waals surface area contributed by atoms with E-state index in [9.17, 15) is 8.78 Å². The minimum Gasteiger partial charge on any atom is -0.454 e. The van der Waals surface area contributed by atoms with Crippen molar-refractivity contribution >= 4 is 29.9 Å². The van der Waals surface area contributed by atoms with E-state index in [0.29, 0.717) is 36.2 Å². The van der Waals surface area contributed by atoms with Gasteiger partial charge in [0, 0.05) is 38.9 Å². The molecule has 0 unspecified atom stereocenters. The quantitative estimate of drug-likeness (QED) is 0.281. The van der Waals surface area contributed by atoms with Crippen molar-refractivity contribution < 1.29 is 27.7 Å². The Balaban J connectivity index is 0.00000288. The molecule has 0 spiro atoms. The lowest BCUT2D eigenvalue weighted by Crippen LogP contribution is -2.38. The Labute approximate surface area is 155 Å². The molecular weight excluding hydrogens is 439 g/mol. The van der Waals surface area contributed by atoms with Crippen LogP contribution in [0.5, 0.6) is 17.2 Å². The largest absolute Gasteiger partial charge is 0.454 e. The predicted octanol–water partition coefficient (Wildman–Crippen LogP) is 1.95. The smallest absolute Gasteiger partial charge is 0.387 e. The monoisotopic (exact) mass is 459 g/mol. The molecular formula is C14H20F2IN3O4. The second-order valence-corrected chi connectivity index (χ2v) is 4.54. The van der Waals surface area contributed by atoms with Gasteiger partial charge in [-0.15, -0.1) is 24.0 Å². The molecule has 1 aromatic carbocycles. The third-order valence-corrected chi connectivity index (χ3v) is 3.04. The maximum absolute atomic E-state index is 12.6. The summed E-state index contributed by atoms with van der Waals surface area (Å²) in [4.78, 5) is 4.03. The van der Waals surface area contributed by atoms with E-state index < -0.39 is 6.61 Å². The van der Waals surface area contributed by atoms with Crippen LogP contribution in [0.4, 0.5) is 8.78 Å². The van der Waals surface area contributed by atoms with Gasteiger partial charge in [0.2, 0.25) is 6.79 Å². The van der Waals surface area contributed by atoms with Crippen LogP contribution in [0.15, 0.2) is 17.1 Å². The summed E-state index contributed by atoms with van der Waals surface area (Å²) in [6.07, 6.45) is 0. The number of benzene rings is 1. The van der Waals surface area contributed by atoms with Crippen LogP contribution in [0, 0.1) is 0 Å². The molecule has 0 saturated carbocycles. The number of fused-ring (bicyclic) bond motifs is 1. The Morgan fingerprint density at radius 1 is 1.29 bits per heavy atom. The molecule has 1 aliphatic heterocycles. The normalized spacial score (nSPS) is 12.8. The number of nitrogens with one attached hydrogen (secondary N) is 2. The van der Waals surface area contributed by atoms with E-state index in [0.717, 1.165) is 0 Å². The van der Waals surface area contributed by atoms with Crippen molar-refractivity contribution in [3.8, 4) is 17.2 Å². The van der Waals surface area contributed by atoms with E-state index in [-0.39, 0.29) is 43.1 Å². The highest BCUT2D eigenvalue weighted by Crippen LogP contribution is 2.38. The topological polar surface area (TPSA) is 73.3 Å². The first-order chi connectivity index (χ1) is 11.1. The Morgan fingerprint density at radius 3 is 2.62 bits per heavy atom. The first kappa shape index (κ1) is 20.5. The number of hydrogen-bond donors (Lipinski definition) is 2. The molecule has 0 amide bonds. The maximum Gasteiger partial charge on any atom is 0.387 e. The lowest BCUT2D eigenvalue weighted by Gasteiger charge is -2.15. The zero-order chi connectivity index (χ0) is 16.7. The molecule has 10 heteroatoms. The molecule has 1 aromatic rings. The van der Waals surface area contributed by atoms with Crippen LogP contribution in [-0.4, -0.2) is 46.7 Å². The van der Waals surface area contributed by atoms with Crippen molar-refractivity contribution in [2.75, 3.05) is 34.1 Å². The molecule has 136 valence electrons. The summed E-state index contributed by atoms with van der Waals surface area (Å²) in [7, 11) is 3.21. The van der Waals surface area contributed by atoms with Gasteiger partial charge < -0.3 is 29.6 Å². The summed E-state index contributed by atoms with van der Waals surface area (Å²) in [6, 6.07) is 3.00. The van der Waals surface area contributed by atoms with E-state index in [4.69, 9.17) is 14.2 Å². The zero-order valence-electron chi connectivity index (χ0n) is 13.3. The number of rotatable bonds is 7. The summed E-state index contributed by atoms with van der Waals surface area (Å²) in [5.74, 6) is 1.42. The van der Waals surface area contributed by atoms with Crippen molar-refractivity contribution in [1.82, 2.24) is 10.6 Å². The third-order valence-electron chi connectivity index (χ3n) is 3.04. The molecule has 0 saturated heterocycles. The lowest BCUT2D eigenvalue weighted by molar-refractivity contribution is -0.0505. The van der Waals surface area contributed by atoms with Gasteiger partial charge in [-0.2, -0.15) is 8.78 Å². The number of hydrogen-bond acceptors (Lipinski definition) is 5. The number of nitrogens with zero attached hydrogens (tertiary/aromatic N) is 1. The maximum atomic E-state index is 12.6. The highest BCUT2D eigenvalue weighted by molar-refractivity contribution is 14.0. The Morgan fingerprint density at radius 2 is 2.00 bits per heavy atom. The number of alkyl halides is 2. The third kappa shape index (κ3) is 5.82. The molecule has 0 bridgehead atoms. The highest BCUT2D eigenvalue weighted by Gasteiger charge is 2.20. The fraction of sp³-hybridized carbons (Fsp3) is 0.500. The van der Waals surface area contributed by atoms with Gasteiger partial charge >= 0.3 is 6.61 Å². The number of aliphatic imine (C=N–C) groups is 1. The number of halogens is 3. The summed E-state index contributed by atoms with van der Waals surface area (Å²) < 4.78 is 45.0. The lowest BCUT2D eigenvalue weighted by atomic mass is 10.1. The van der Waals surface area contributed by atoms with E-state index in [1.807, 2.05) is 0 Å². The molecule has 0 aromatic heterocycles. The van der Waals surface area contributed by atoms with Crippen molar-refractivity contribution in [3.63, 3.8) is 0 Å². The average Bonchev–Trinajstić information content (AvgIpc) is 2.97. The highest BCUT2D eigenvalue weighted by atomic mass is 127. The molecule has 0 aliphatic carbocycles. The molecule has 1 heterocycles. The summed E-state index contributed by atoms with van der Waals surface area (Å²) in [5.41, 5.74) is 0.504. The van der Waals surface area contributed by atoms with E-state index in [1.165, 1.54) is 6.07 Å². The molecule has 0 radical (unpaired) electrons. The summed E-state index contributed by atoms with van der Waals surface area (Å²) in [5, 5.41) is 6.03. The van der Waals surface area contributed by atoms with Crippen LogP contribution >= 0.6 is 24.0 Å². The minimum atomic E-state index is -2.92. The summed E-state index contributed by atoms with van der Waals surface area (Å²) in [6.45, 7) is -1.55. The first-order valence-electron chi connectivity index (χ1n) is 6.94. The van der Waals surface area contributed by atoms with Crippen LogP contribution < -0.4 is 24.8 Å². The van der Waals surface area contributed by atoms with Crippen LogP contribution in [0.25, 0.3) is 0 Å². The molecule has 1 aliphatic rings. The van der Waals surface area contributed by atoms with Gasteiger partial charge in [-0.1, -0.05) is 0 Å². The SMILES string of the molecule is CN=C(NCCOC)NCc1cc2c(cc1OC(F)F)OCO2.I. The van der Waals surface area contributed by atoms with Gasteiger partial charge in [-0.3, -0.25) is 4.99 Å². The number of ether oxygens (including phenoxy) is 4. The molecule has 0 fully saturated rings. The first-order valence-corrected chi connectivity index (χ1v) is 6.94. The van der Waals surface area contributed by atoms with Crippen molar-refractivity contribution in [1.29, 1.82) is 0 Å². The van der Waals surface area contributed by atoms with Gasteiger partial charge in [-0.05, 0) is 6.07 Å². The Bertz CT molecular complexity index is 561. The molecule has 2 rings (SSSR count). The fourth-order valence-electron chi connectivity index (χ4n) is 1.98. The van der Waals surface area contributed by atoms with Crippen LogP contribution in [-0.2, 0) is 11.3 Å². The van der Waals surface area contributed by atoms with Crippen molar-refractivity contribution in [2.45, 2.75) is 13.2 Å². The van der Waals surface area contributed by atoms with Gasteiger partial charge in [0.25, 0.3) is 0 Å². The minimum absolute atomic E-state index is 0. The van der Waals surface area contributed by atoms with Crippen LogP contribution in [0.2, 0.25) is 0 Å². The summed E-state index contributed by atoms with van der Waals surface area (Å²) >= 11 is 0. The van der Waals surface area contributed by atoms with Gasteiger partial charge in [0.05, 0.1) is 6.61 Å². The van der Waals surface area contributed by atoms with Crippen molar-refractivity contribution in [3.05, 3.63) is 17.7 Å². The van der Waals surface area contributed by atoms with Crippen LogP contribution in [0.3, 0.4) is 0 Å². The zero-order valence-corrected chi connectivity index (χ0v) is 15.6. The van der Waals surface area contributed by atoms with Gasteiger partial charge in [0.15, 0.2) is 17.5 Å². The van der Waals surface area contributed by atoms with Crippen LogP contribution in [0.1, 0.15) is 5.56 Å². The fourth-order valence-corrected chi connectivity index (χ4v) is 1.98. The van der Waals surface area contributed by atoms with Gasteiger partial charge in [0.1, 0.15) is 5.75 Å². The molecule has 7 nitrogen and oxygen atoms in total. The van der Waals surface area contributed by atoms with Gasteiger partial charge in [-0.25, -0.2) is 0 Å². The second-order valence-electron chi connectivity index (χ2n) is 4.54. The molecule has 0 atom stereocenters. The number of methoxy groups -OCH3 is 1. The average molecular weight is 459 g/mol. The van der Waals surface area contributed by atoms with E-state index in [1.54, 1.807) is 20.2 Å². The second kappa shape index (κ2) is 10.3. The standard InChI is InChI=1S/C14H19F2N3O4.HI/c1-17-14(18-3-4-20-2)19-7-9-5-11-12(22-8-21-11)6-10(9)23-13(15)16;/h5-6,13H,3-4,7-8H2,1-2H3,(H2,17,18,19);1H.